The average molecular weight is 702 g/mol. The lowest BCUT2D eigenvalue weighted by atomic mass is 9.72. The largest absolute Gasteiger partial charge is 0.492 e. The number of hydrogen-bond acceptors (Lipinski definition) is 7. The molecule has 0 radical (unpaired) electrons. The molecule has 0 fully saturated rings. The molecule has 0 aliphatic rings. The SMILES string of the molecule is COc1c(N(C)c2cc(C(C)(C)CC(C)(C)C)cc(-n3nc4ccccc4n3)c2OC)cc(C(C)(C)CC(C)(C)C)cc1-n1nc2ccccc2n1. The van der Waals surface area contributed by atoms with Crippen LogP contribution in [-0.4, -0.2) is 51.3 Å². The number of benzene rings is 4. The molecule has 0 spiro atoms. The Morgan fingerprint density at radius 1 is 0.519 bits per heavy atom. The number of rotatable bonds is 10. The van der Waals surface area contributed by atoms with Gasteiger partial charge in [-0.05, 0) is 94.2 Å². The van der Waals surface area contributed by atoms with Crippen molar-refractivity contribution in [3.05, 3.63) is 83.9 Å². The second-order valence-electron chi connectivity index (χ2n) is 17.9. The van der Waals surface area contributed by atoms with E-state index in [1.54, 1.807) is 23.8 Å². The highest BCUT2D eigenvalue weighted by molar-refractivity contribution is 5.82. The molecule has 9 heteroatoms. The second kappa shape index (κ2) is 13.2. The van der Waals surface area contributed by atoms with E-state index in [1.165, 1.54) is 0 Å². The fourth-order valence-electron chi connectivity index (χ4n) is 8.11. The molecule has 0 aliphatic carbocycles. The fourth-order valence-corrected chi connectivity index (χ4v) is 8.11. The smallest absolute Gasteiger partial charge is 0.169 e. The molecule has 0 bridgehead atoms. The normalized spacial score (nSPS) is 12.9. The van der Waals surface area contributed by atoms with E-state index < -0.39 is 0 Å². The van der Waals surface area contributed by atoms with Crippen LogP contribution in [0.2, 0.25) is 0 Å². The van der Waals surface area contributed by atoms with Crippen molar-refractivity contribution < 1.29 is 9.47 Å². The van der Waals surface area contributed by atoms with Crippen LogP contribution in [0.15, 0.2) is 72.8 Å². The molecular weight excluding hydrogens is 647 g/mol. The van der Waals surface area contributed by atoms with Crippen LogP contribution in [0.25, 0.3) is 33.4 Å². The summed E-state index contributed by atoms with van der Waals surface area (Å²) in [6.45, 7) is 23.0. The quantitative estimate of drug-likeness (QED) is 0.141. The first kappa shape index (κ1) is 36.9. The highest BCUT2D eigenvalue weighted by Crippen LogP contribution is 2.48. The second-order valence-corrected chi connectivity index (χ2v) is 17.9. The Kier molecular flexibility index (Phi) is 9.39. The third-order valence-electron chi connectivity index (χ3n) is 9.74. The summed E-state index contributed by atoms with van der Waals surface area (Å²) in [5.41, 5.74) is 8.67. The van der Waals surface area contributed by atoms with Gasteiger partial charge in [0.1, 0.15) is 33.4 Å². The lowest BCUT2D eigenvalue weighted by molar-refractivity contribution is 0.283. The molecule has 2 heterocycles. The summed E-state index contributed by atoms with van der Waals surface area (Å²) in [6.07, 6.45) is 1.93. The zero-order chi connectivity index (χ0) is 37.8. The molecule has 6 rings (SSSR count). The number of methoxy groups -OCH3 is 2. The first-order valence-corrected chi connectivity index (χ1v) is 18.1. The fraction of sp³-hybridized carbons (Fsp3) is 0.442. The van der Waals surface area contributed by atoms with Crippen LogP contribution in [0.4, 0.5) is 11.4 Å². The van der Waals surface area contributed by atoms with Crippen LogP contribution in [-0.2, 0) is 10.8 Å². The van der Waals surface area contributed by atoms with Gasteiger partial charge >= 0.3 is 0 Å². The molecule has 4 aromatic carbocycles. The zero-order valence-electron chi connectivity index (χ0n) is 33.3. The van der Waals surface area contributed by atoms with Gasteiger partial charge < -0.3 is 14.4 Å². The van der Waals surface area contributed by atoms with Gasteiger partial charge in [0.2, 0.25) is 0 Å². The van der Waals surface area contributed by atoms with E-state index in [9.17, 15) is 0 Å². The van der Waals surface area contributed by atoms with Gasteiger partial charge in [0, 0.05) is 7.05 Å². The molecule has 2 aromatic heterocycles. The number of aromatic nitrogens is 6. The molecule has 52 heavy (non-hydrogen) atoms. The van der Waals surface area contributed by atoms with E-state index in [4.69, 9.17) is 29.9 Å². The van der Waals surface area contributed by atoms with Crippen molar-refractivity contribution in [2.75, 3.05) is 26.2 Å². The Labute approximate surface area is 308 Å². The molecular formula is C43H55N7O2. The van der Waals surface area contributed by atoms with Gasteiger partial charge in [0.25, 0.3) is 0 Å². The lowest BCUT2D eigenvalue weighted by Gasteiger charge is -2.36. The molecule has 0 N–H and O–H groups in total. The van der Waals surface area contributed by atoms with Gasteiger partial charge in [0.05, 0.1) is 25.6 Å². The summed E-state index contributed by atoms with van der Waals surface area (Å²) < 4.78 is 12.6. The Bertz CT molecular complexity index is 2010. The van der Waals surface area contributed by atoms with Crippen LogP contribution in [0.5, 0.6) is 11.5 Å². The third-order valence-corrected chi connectivity index (χ3v) is 9.74. The van der Waals surface area contributed by atoms with Crippen LogP contribution in [0.3, 0.4) is 0 Å². The van der Waals surface area contributed by atoms with E-state index in [-0.39, 0.29) is 21.7 Å². The molecule has 0 amide bonds. The van der Waals surface area contributed by atoms with E-state index in [0.29, 0.717) is 11.5 Å². The van der Waals surface area contributed by atoms with Gasteiger partial charge in [0.15, 0.2) is 11.5 Å². The van der Waals surface area contributed by atoms with Crippen molar-refractivity contribution in [2.24, 2.45) is 10.8 Å². The predicted molar refractivity (Wildman–Crippen MR) is 213 cm³/mol. The predicted octanol–water partition coefficient (Wildman–Crippen LogP) is 10.4. The minimum atomic E-state index is -0.188. The van der Waals surface area contributed by atoms with E-state index >= 15 is 0 Å². The summed E-state index contributed by atoms with van der Waals surface area (Å²) in [7, 11) is 5.50. The third kappa shape index (κ3) is 7.36. The standard InChI is InChI=1S/C43H55N7O2/c1-40(2,3)26-42(7,8)28-22-34(38(51-12)36(24-28)49-44-30-18-14-15-19-31(30)45-49)48(11)35-23-29(43(9,10)27-41(4,5)6)25-37(39(35)52-13)50-46-32-20-16-17-21-33(32)47-50/h14-25H,26-27H2,1-13H3. The number of fused-ring (bicyclic) bond motifs is 2. The molecule has 6 aromatic rings. The van der Waals surface area contributed by atoms with Crippen molar-refractivity contribution in [3.63, 3.8) is 0 Å². The summed E-state index contributed by atoms with van der Waals surface area (Å²) in [5.74, 6) is 1.31. The summed E-state index contributed by atoms with van der Waals surface area (Å²) >= 11 is 0. The minimum Gasteiger partial charge on any atom is -0.492 e. The van der Waals surface area contributed by atoms with E-state index in [2.05, 4.69) is 105 Å². The van der Waals surface area contributed by atoms with E-state index in [0.717, 1.165) is 68.8 Å². The van der Waals surface area contributed by atoms with Crippen LogP contribution < -0.4 is 14.4 Å². The van der Waals surface area contributed by atoms with Crippen molar-refractivity contribution in [1.82, 2.24) is 30.0 Å². The van der Waals surface area contributed by atoms with Gasteiger partial charge in [-0.3, -0.25) is 0 Å². The molecule has 0 unspecified atom stereocenters. The molecule has 0 aliphatic heterocycles. The van der Waals surface area contributed by atoms with Gasteiger partial charge in [-0.2, -0.15) is 0 Å². The topological polar surface area (TPSA) is 83.1 Å². The van der Waals surface area contributed by atoms with Crippen molar-refractivity contribution >= 4 is 33.4 Å². The Morgan fingerprint density at radius 3 is 1.10 bits per heavy atom. The Balaban J connectivity index is 1.64. The van der Waals surface area contributed by atoms with Gasteiger partial charge in [-0.15, -0.1) is 30.0 Å². The summed E-state index contributed by atoms with van der Waals surface area (Å²) in [4.78, 5) is 5.59. The van der Waals surface area contributed by atoms with Crippen LogP contribution in [0, 0.1) is 10.8 Å². The molecule has 9 nitrogen and oxygen atoms in total. The Morgan fingerprint density at radius 2 is 0.827 bits per heavy atom. The first-order valence-electron chi connectivity index (χ1n) is 18.1. The van der Waals surface area contributed by atoms with E-state index in [1.807, 2.05) is 48.5 Å². The zero-order valence-corrected chi connectivity index (χ0v) is 33.3. The Hall–Kier alpha value is -4.92. The maximum absolute atomic E-state index is 6.32. The molecule has 0 atom stereocenters. The number of anilines is 2. The lowest BCUT2D eigenvalue weighted by Crippen LogP contribution is -2.27. The first-order chi connectivity index (χ1) is 24.3. The molecule has 0 saturated heterocycles. The number of nitrogens with zero attached hydrogens (tertiary/aromatic N) is 7. The van der Waals surface area contributed by atoms with Crippen LogP contribution in [0.1, 0.15) is 93.2 Å². The highest BCUT2D eigenvalue weighted by atomic mass is 16.5. The summed E-state index contributed by atoms with van der Waals surface area (Å²) in [6, 6.07) is 24.7. The van der Waals surface area contributed by atoms with Crippen molar-refractivity contribution in [3.8, 4) is 22.9 Å². The molecule has 274 valence electrons. The van der Waals surface area contributed by atoms with Crippen LogP contribution >= 0.6 is 0 Å². The maximum atomic E-state index is 6.32. The average Bonchev–Trinajstić information content (AvgIpc) is 3.69. The van der Waals surface area contributed by atoms with Crippen molar-refractivity contribution in [2.45, 2.75) is 92.9 Å². The number of hydrogen-bond donors (Lipinski definition) is 0. The van der Waals surface area contributed by atoms with Gasteiger partial charge in [-0.25, -0.2) is 0 Å². The minimum absolute atomic E-state index is 0.0969. The van der Waals surface area contributed by atoms with Crippen molar-refractivity contribution in [1.29, 1.82) is 0 Å². The highest BCUT2D eigenvalue weighted by Gasteiger charge is 2.34. The monoisotopic (exact) mass is 701 g/mol. The molecule has 0 saturated carbocycles. The van der Waals surface area contributed by atoms with Gasteiger partial charge in [-0.1, -0.05) is 93.5 Å². The number of ether oxygens (including phenoxy) is 2. The maximum Gasteiger partial charge on any atom is 0.169 e. The summed E-state index contributed by atoms with van der Waals surface area (Å²) in [5, 5.41) is 19.7.